The Hall–Kier alpha value is -1.09. The molecule has 0 saturated carbocycles. The Kier molecular flexibility index (Phi) is 4.26. The molecule has 0 atom stereocenters. The highest BCUT2D eigenvalue weighted by Gasteiger charge is 2.09. The van der Waals surface area contributed by atoms with E-state index >= 15 is 0 Å². The largest absolute Gasteiger partial charge is 0.341 e. The van der Waals surface area contributed by atoms with Crippen molar-refractivity contribution in [2.75, 3.05) is 19.6 Å². The molecular weight excluding hydrogens is 164 g/mol. The first-order valence-electron chi connectivity index (χ1n) is 4.64. The van der Waals surface area contributed by atoms with Gasteiger partial charge in [0.2, 0.25) is 5.91 Å². The zero-order chi connectivity index (χ0) is 9.52. The van der Waals surface area contributed by atoms with E-state index in [1.165, 1.54) is 0 Å². The van der Waals surface area contributed by atoms with Crippen LogP contribution in [0.2, 0.25) is 0 Å². The first kappa shape index (κ1) is 9.99. The summed E-state index contributed by atoms with van der Waals surface area (Å²) in [6, 6.07) is 0. The van der Waals surface area contributed by atoms with E-state index < -0.39 is 0 Å². The Bertz CT molecular complexity index is 221. The second kappa shape index (κ2) is 5.54. The fraction of sp³-hybridized carbons (Fsp3) is 0.500. The normalized spacial score (nSPS) is 23.2. The Morgan fingerprint density at radius 2 is 2.15 bits per heavy atom. The van der Waals surface area contributed by atoms with Crippen LogP contribution in [0.3, 0.4) is 0 Å². The molecule has 0 aromatic rings. The number of hydrogen-bond acceptors (Lipinski definition) is 2. The lowest BCUT2D eigenvalue weighted by molar-refractivity contribution is -0.130. The van der Waals surface area contributed by atoms with Gasteiger partial charge in [0, 0.05) is 26.1 Å². The molecule has 3 nitrogen and oxygen atoms in total. The summed E-state index contributed by atoms with van der Waals surface area (Å²) >= 11 is 0. The van der Waals surface area contributed by atoms with Crippen molar-refractivity contribution in [1.82, 2.24) is 4.90 Å². The molecule has 1 aliphatic rings. The molecule has 0 spiro atoms. The molecule has 72 valence electrons. The van der Waals surface area contributed by atoms with Gasteiger partial charge in [0.05, 0.1) is 0 Å². The van der Waals surface area contributed by atoms with Crippen LogP contribution in [0.1, 0.15) is 12.8 Å². The molecule has 1 aliphatic heterocycles. The SMILES string of the molecule is NCCN1CC/C=C\C=C/CC1=O. The maximum Gasteiger partial charge on any atom is 0.226 e. The Morgan fingerprint density at radius 3 is 2.92 bits per heavy atom. The highest BCUT2D eigenvalue weighted by molar-refractivity contribution is 5.77. The van der Waals surface area contributed by atoms with Crippen LogP contribution in [-0.2, 0) is 4.79 Å². The predicted molar refractivity (Wildman–Crippen MR) is 53.1 cm³/mol. The molecule has 13 heavy (non-hydrogen) atoms. The molecule has 0 bridgehead atoms. The van der Waals surface area contributed by atoms with Crippen LogP contribution >= 0.6 is 0 Å². The summed E-state index contributed by atoms with van der Waals surface area (Å²) in [4.78, 5) is 13.3. The molecule has 3 heteroatoms. The minimum absolute atomic E-state index is 0.172. The summed E-state index contributed by atoms with van der Waals surface area (Å²) in [5.41, 5.74) is 5.42. The lowest BCUT2D eigenvalue weighted by atomic mass is 10.3. The van der Waals surface area contributed by atoms with E-state index in [0.29, 0.717) is 19.5 Å². The fourth-order valence-corrected chi connectivity index (χ4v) is 1.30. The summed E-state index contributed by atoms with van der Waals surface area (Å²) in [6.45, 7) is 1.99. The van der Waals surface area contributed by atoms with Crippen molar-refractivity contribution in [2.45, 2.75) is 12.8 Å². The van der Waals surface area contributed by atoms with E-state index in [9.17, 15) is 4.79 Å². The maximum atomic E-state index is 11.5. The molecule has 0 saturated heterocycles. The Balaban J connectivity index is 2.54. The topological polar surface area (TPSA) is 46.3 Å². The fourth-order valence-electron chi connectivity index (χ4n) is 1.30. The number of nitrogens with zero attached hydrogens (tertiary/aromatic N) is 1. The molecule has 0 aromatic heterocycles. The second-order valence-electron chi connectivity index (χ2n) is 3.02. The quantitative estimate of drug-likeness (QED) is 0.679. The summed E-state index contributed by atoms with van der Waals surface area (Å²) in [5.74, 6) is 0.172. The van der Waals surface area contributed by atoms with Gasteiger partial charge in [-0.05, 0) is 6.42 Å². The average Bonchev–Trinajstić information content (AvgIpc) is 2.21. The van der Waals surface area contributed by atoms with Gasteiger partial charge in [0.1, 0.15) is 0 Å². The van der Waals surface area contributed by atoms with Crippen LogP contribution in [0.25, 0.3) is 0 Å². The Morgan fingerprint density at radius 1 is 1.38 bits per heavy atom. The van der Waals surface area contributed by atoms with Crippen LogP contribution < -0.4 is 5.73 Å². The molecule has 0 fully saturated rings. The minimum Gasteiger partial charge on any atom is -0.341 e. The Labute approximate surface area is 78.9 Å². The van der Waals surface area contributed by atoms with Gasteiger partial charge in [-0.3, -0.25) is 4.79 Å². The highest BCUT2D eigenvalue weighted by Crippen LogP contribution is 2.01. The van der Waals surface area contributed by atoms with E-state index in [2.05, 4.69) is 6.08 Å². The van der Waals surface area contributed by atoms with Gasteiger partial charge in [0.25, 0.3) is 0 Å². The molecule has 1 rings (SSSR count). The molecule has 0 unspecified atom stereocenters. The van der Waals surface area contributed by atoms with Gasteiger partial charge < -0.3 is 10.6 Å². The lowest BCUT2D eigenvalue weighted by Crippen LogP contribution is -2.35. The van der Waals surface area contributed by atoms with Crippen molar-refractivity contribution in [3.8, 4) is 0 Å². The van der Waals surface area contributed by atoms with Crippen LogP contribution in [0.15, 0.2) is 24.3 Å². The first-order chi connectivity index (χ1) is 6.34. The van der Waals surface area contributed by atoms with E-state index in [-0.39, 0.29) is 5.91 Å². The molecule has 1 heterocycles. The van der Waals surface area contributed by atoms with Crippen molar-refractivity contribution < 1.29 is 4.79 Å². The molecule has 0 aromatic carbocycles. The molecule has 2 N–H and O–H groups in total. The first-order valence-corrected chi connectivity index (χ1v) is 4.64. The number of rotatable bonds is 2. The van der Waals surface area contributed by atoms with Gasteiger partial charge >= 0.3 is 0 Å². The monoisotopic (exact) mass is 180 g/mol. The van der Waals surface area contributed by atoms with Crippen molar-refractivity contribution in [3.63, 3.8) is 0 Å². The smallest absolute Gasteiger partial charge is 0.226 e. The molecular formula is C10H16N2O. The summed E-state index contributed by atoms with van der Waals surface area (Å²) in [6.07, 6.45) is 9.26. The third-order valence-electron chi connectivity index (χ3n) is 1.99. The van der Waals surface area contributed by atoms with E-state index in [0.717, 1.165) is 13.0 Å². The van der Waals surface area contributed by atoms with Crippen molar-refractivity contribution in [1.29, 1.82) is 0 Å². The van der Waals surface area contributed by atoms with Crippen molar-refractivity contribution >= 4 is 5.91 Å². The number of carbonyl (C=O) groups excluding carboxylic acids is 1. The predicted octanol–water partition coefficient (Wildman–Crippen LogP) is 0.680. The van der Waals surface area contributed by atoms with Crippen molar-refractivity contribution in [3.05, 3.63) is 24.3 Å². The second-order valence-corrected chi connectivity index (χ2v) is 3.02. The number of carbonyl (C=O) groups is 1. The zero-order valence-corrected chi connectivity index (χ0v) is 7.78. The lowest BCUT2D eigenvalue weighted by Gasteiger charge is -2.20. The number of hydrogen-bond donors (Lipinski definition) is 1. The highest BCUT2D eigenvalue weighted by atomic mass is 16.2. The van der Waals surface area contributed by atoms with Gasteiger partial charge in [-0.25, -0.2) is 0 Å². The van der Waals surface area contributed by atoms with Crippen LogP contribution in [0.4, 0.5) is 0 Å². The summed E-state index contributed by atoms with van der Waals surface area (Å²) < 4.78 is 0. The van der Waals surface area contributed by atoms with Crippen molar-refractivity contribution in [2.24, 2.45) is 5.73 Å². The van der Waals surface area contributed by atoms with E-state index in [1.807, 2.05) is 23.1 Å². The van der Waals surface area contributed by atoms with Gasteiger partial charge in [-0.15, -0.1) is 0 Å². The third-order valence-corrected chi connectivity index (χ3v) is 1.99. The molecule has 0 radical (unpaired) electrons. The average molecular weight is 180 g/mol. The van der Waals surface area contributed by atoms with Gasteiger partial charge in [-0.1, -0.05) is 24.3 Å². The van der Waals surface area contributed by atoms with Crippen LogP contribution in [0, 0.1) is 0 Å². The zero-order valence-electron chi connectivity index (χ0n) is 7.78. The summed E-state index contributed by atoms with van der Waals surface area (Å²) in [5, 5.41) is 0. The maximum absolute atomic E-state index is 11.5. The van der Waals surface area contributed by atoms with E-state index in [1.54, 1.807) is 0 Å². The number of nitrogens with two attached hydrogens (primary N) is 1. The third kappa shape index (κ3) is 3.42. The van der Waals surface area contributed by atoms with E-state index in [4.69, 9.17) is 5.73 Å². The number of allylic oxidation sites excluding steroid dienone is 2. The molecule has 0 aliphatic carbocycles. The standard InChI is InChI=1S/C10H16N2O/c11-7-9-12-8-5-3-1-2-4-6-10(12)13/h1-4H,5-9,11H2/b3-1-,4-2-. The van der Waals surface area contributed by atoms with Crippen LogP contribution in [-0.4, -0.2) is 30.4 Å². The van der Waals surface area contributed by atoms with Gasteiger partial charge in [-0.2, -0.15) is 0 Å². The summed E-state index contributed by atoms with van der Waals surface area (Å²) in [7, 11) is 0. The molecule has 1 amide bonds. The van der Waals surface area contributed by atoms with Crippen LogP contribution in [0.5, 0.6) is 0 Å². The van der Waals surface area contributed by atoms with Gasteiger partial charge in [0.15, 0.2) is 0 Å². The minimum atomic E-state index is 0.172. The number of amides is 1.